The lowest BCUT2D eigenvalue weighted by Gasteiger charge is -2.15. The molecule has 0 spiro atoms. The van der Waals surface area contributed by atoms with E-state index in [0.29, 0.717) is 0 Å². The number of fused-ring (bicyclic) bond motifs is 3. The highest BCUT2D eigenvalue weighted by Gasteiger charge is 2.34. The summed E-state index contributed by atoms with van der Waals surface area (Å²) in [5.41, 5.74) is 2.79. The zero-order valence-electron chi connectivity index (χ0n) is 8.17. The van der Waals surface area contributed by atoms with Gasteiger partial charge in [-0.15, -0.1) is 0 Å². The number of aromatic nitrogens is 1. The molecule has 2 N–H and O–H groups in total. The van der Waals surface area contributed by atoms with Crippen LogP contribution in [-0.4, -0.2) is 10.1 Å². The summed E-state index contributed by atoms with van der Waals surface area (Å²) in [5, 5.41) is 11.4. The molecule has 14 heavy (non-hydrogen) atoms. The fourth-order valence-electron chi connectivity index (χ4n) is 2.41. The molecule has 2 nitrogen and oxygen atoms in total. The van der Waals surface area contributed by atoms with Gasteiger partial charge in [0, 0.05) is 10.9 Å². The largest absolute Gasteiger partial charge is 0.384 e. The van der Waals surface area contributed by atoms with Gasteiger partial charge in [-0.25, -0.2) is 0 Å². The van der Waals surface area contributed by atoms with Gasteiger partial charge < -0.3 is 10.1 Å². The van der Waals surface area contributed by atoms with Crippen LogP contribution < -0.4 is 0 Å². The number of benzene rings is 1. The molecular formula is C12H13NO. The zero-order chi connectivity index (χ0) is 9.76. The van der Waals surface area contributed by atoms with Crippen LogP contribution in [0.2, 0.25) is 0 Å². The number of hydrogen-bond acceptors (Lipinski definition) is 1. The van der Waals surface area contributed by atoms with Crippen LogP contribution in [0.5, 0.6) is 0 Å². The number of para-hydroxylation sites is 1. The monoisotopic (exact) mass is 187 g/mol. The Kier molecular flexibility index (Phi) is 1.38. The molecule has 1 aliphatic rings. The molecule has 1 heterocycles. The Balaban J connectivity index is 2.37. The second-order valence-corrected chi connectivity index (χ2v) is 4.30. The summed E-state index contributed by atoms with van der Waals surface area (Å²) in [6.07, 6.45) is 1.81. The van der Waals surface area contributed by atoms with E-state index in [4.69, 9.17) is 0 Å². The average Bonchev–Trinajstić information content (AvgIpc) is 2.65. The topological polar surface area (TPSA) is 36.0 Å². The first-order valence-corrected chi connectivity index (χ1v) is 5.01. The van der Waals surface area contributed by atoms with Crippen LogP contribution in [0.25, 0.3) is 10.9 Å². The Morgan fingerprint density at radius 1 is 1.36 bits per heavy atom. The van der Waals surface area contributed by atoms with Gasteiger partial charge in [-0.1, -0.05) is 18.2 Å². The SMILES string of the molecule is CC1(O)CCc2c1[nH]c1ccccc21. The minimum absolute atomic E-state index is 0.658. The maximum Gasteiger partial charge on any atom is 0.102 e. The first-order valence-electron chi connectivity index (χ1n) is 5.01. The molecule has 1 unspecified atom stereocenters. The van der Waals surface area contributed by atoms with Crippen LogP contribution in [0.3, 0.4) is 0 Å². The Hall–Kier alpha value is -1.28. The van der Waals surface area contributed by atoms with Crippen LogP contribution in [0.1, 0.15) is 24.6 Å². The van der Waals surface area contributed by atoms with Gasteiger partial charge in [-0.2, -0.15) is 0 Å². The maximum atomic E-state index is 10.1. The Bertz CT molecular complexity index is 496. The van der Waals surface area contributed by atoms with Crippen LogP contribution in [0.4, 0.5) is 0 Å². The van der Waals surface area contributed by atoms with Crippen molar-refractivity contribution in [3.05, 3.63) is 35.5 Å². The predicted molar refractivity (Wildman–Crippen MR) is 56.2 cm³/mol. The van der Waals surface area contributed by atoms with E-state index in [0.717, 1.165) is 24.1 Å². The van der Waals surface area contributed by atoms with Crippen LogP contribution in [-0.2, 0) is 12.0 Å². The van der Waals surface area contributed by atoms with Gasteiger partial charge in [0.25, 0.3) is 0 Å². The number of aryl methyl sites for hydroxylation is 1. The average molecular weight is 187 g/mol. The molecule has 0 fully saturated rings. The van der Waals surface area contributed by atoms with Crippen LogP contribution in [0, 0.1) is 0 Å². The summed E-state index contributed by atoms with van der Waals surface area (Å²) in [6, 6.07) is 8.24. The number of rotatable bonds is 0. The van der Waals surface area contributed by atoms with E-state index < -0.39 is 5.60 Å². The summed E-state index contributed by atoms with van der Waals surface area (Å²) in [6.45, 7) is 1.88. The third kappa shape index (κ3) is 0.891. The highest BCUT2D eigenvalue weighted by atomic mass is 16.3. The van der Waals surface area contributed by atoms with Crippen molar-refractivity contribution in [2.45, 2.75) is 25.4 Å². The van der Waals surface area contributed by atoms with Gasteiger partial charge in [0.05, 0.1) is 5.69 Å². The van der Waals surface area contributed by atoms with Crippen LogP contribution >= 0.6 is 0 Å². The number of aromatic amines is 1. The molecule has 1 atom stereocenters. The quantitative estimate of drug-likeness (QED) is 0.652. The lowest BCUT2D eigenvalue weighted by molar-refractivity contribution is 0.0557. The molecule has 72 valence electrons. The number of aliphatic hydroxyl groups is 1. The fraction of sp³-hybridized carbons (Fsp3) is 0.333. The standard InChI is InChI=1S/C12H13NO/c1-12(14)7-6-9-8-4-2-3-5-10(8)13-11(9)12/h2-5,13-14H,6-7H2,1H3. The lowest BCUT2D eigenvalue weighted by Crippen LogP contribution is -2.17. The highest BCUT2D eigenvalue weighted by Crippen LogP contribution is 2.39. The number of nitrogens with one attached hydrogen (secondary N) is 1. The molecule has 0 bridgehead atoms. The molecule has 0 aliphatic heterocycles. The van der Waals surface area contributed by atoms with Crippen molar-refractivity contribution < 1.29 is 5.11 Å². The summed E-state index contributed by atoms with van der Waals surface area (Å²) in [7, 11) is 0. The van der Waals surface area contributed by atoms with E-state index >= 15 is 0 Å². The van der Waals surface area contributed by atoms with Crippen LogP contribution in [0.15, 0.2) is 24.3 Å². The van der Waals surface area contributed by atoms with E-state index in [2.05, 4.69) is 17.1 Å². The third-order valence-electron chi connectivity index (χ3n) is 3.21. The van der Waals surface area contributed by atoms with Gasteiger partial charge in [0.15, 0.2) is 0 Å². The van der Waals surface area contributed by atoms with Gasteiger partial charge in [-0.3, -0.25) is 0 Å². The summed E-state index contributed by atoms with van der Waals surface area (Å²) in [5.74, 6) is 0. The molecule has 3 rings (SSSR count). The van der Waals surface area contributed by atoms with Gasteiger partial charge in [0.1, 0.15) is 5.60 Å². The van der Waals surface area contributed by atoms with Crippen molar-refractivity contribution in [3.8, 4) is 0 Å². The molecule has 2 heteroatoms. The third-order valence-corrected chi connectivity index (χ3v) is 3.21. The molecule has 0 saturated heterocycles. The van der Waals surface area contributed by atoms with Crippen molar-refractivity contribution in [1.29, 1.82) is 0 Å². The minimum Gasteiger partial charge on any atom is -0.384 e. The van der Waals surface area contributed by atoms with Crippen molar-refractivity contribution in [2.75, 3.05) is 0 Å². The Morgan fingerprint density at radius 3 is 3.00 bits per heavy atom. The maximum absolute atomic E-state index is 10.1. The first-order chi connectivity index (χ1) is 6.68. The Morgan fingerprint density at radius 2 is 2.14 bits per heavy atom. The summed E-state index contributed by atoms with van der Waals surface area (Å²) < 4.78 is 0. The fourth-order valence-corrected chi connectivity index (χ4v) is 2.41. The van der Waals surface area contributed by atoms with Gasteiger partial charge in [0.2, 0.25) is 0 Å². The second-order valence-electron chi connectivity index (χ2n) is 4.30. The zero-order valence-corrected chi connectivity index (χ0v) is 8.17. The van der Waals surface area contributed by atoms with E-state index in [-0.39, 0.29) is 0 Å². The molecule has 0 amide bonds. The highest BCUT2D eigenvalue weighted by molar-refractivity contribution is 5.85. The Labute approximate surface area is 82.6 Å². The van der Waals surface area contributed by atoms with E-state index in [9.17, 15) is 5.11 Å². The normalized spacial score (nSPS) is 25.6. The summed E-state index contributed by atoms with van der Waals surface area (Å²) >= 11 is 0. The molecule has 0 saturated carbocycles. The lowest BCUT2D eigenvalue weighted by atomic mass is 10.1. The molecule has 1 aliphatic carbocycles. The van der Waals surface area contributed by atoms with Gasteiger partial charge in [-0.05, 0) is 31.4 Å². The first kappa shape index (κ1) is 8.06. The van der Waals surface area contributed by atoms with E-state index in [1.807, 2.05) is 19.1 Å². The molecule has 1 aromatic carbocycles. The molecule has 1 aromatic heterocycles. The van der Waals surface area contributed by atoms with Crippen molar-refractivity contribution >= 4 is 10.9 Å². The van der Waals surface area contributed by atoms with Crippen molar-refractivity contribution in [1.82, 2.24) is 4.98 Å². The van der Waals surface area contributed by atoms with Crippen molar-refractivity contribution in [3.63, 3.8) is 0 Å². The van der Waals surface area contributed by atoms with Crippen molar-refractivity contribution in [2.24, 2.45) is 0 Å². The molecular weight excluding hydrogens is 174 g/mol. The number of H-pyrrole nitrogens is 1. The summed E-state index contributed by atoms with van der Waals surface area (Å²) in [4.78, 5) is 3.32. The van der Waals surface area contributed by atoms with E-state index in [1.165, 1.54) is 10.9 Å². The second kappa shape index (κ2) is 2.39. The molecule has 2 aromatic rings. The molecule has 0 radical (unpaired) electrons. The smallest absolute Gasteiger partial charge is 0.102 e. The number of hydrogen-bond donors (Lipinski definition) is 2. The minimum atomic E-state index is -0.658. The van der Waals surface area contributed by atoms with Gasteiger partial charge >= 0.3 is 0 Å². The van der Waals surface area contributed by atoms with E-state index in [1.54, 1.807) is 0 Å². The predicted octanol–water partition coefficient (Wildman–Crippen LogP) is 2.32.